The van der Waals surface area contributed by atoms with Crippen molar-refractivity contribution in [2.24, 2.45) is 16.7 Å². The molecule has 1 aliphatic carbocycles. The van der Waals surface area contributed by atoms with Crippen molar-refractivity contribution in [2.45, 2.75) is 34.6 Å². The molecule has 0 aromatic heterocycles. The maximum absolute atomic E-state index is 11.3. The van der Waals surface area contributed by atoms with E-state index in [-0.39, 0.29) is 12.5 Å². The topological polar surface area (TPSA) is 38.3 Å². The van der Waals surface area contributed by atoms with Gasteiger partial charge in [-0.25, -0.2) is 0 Å². The van der Waals surface area contributed by atoms with Gasteiger partial charge in [-0.1, -0.05) is 27.7 Å². The first-order chi connectivity index (χ1) is 6.84. The summed E-state index contributed by atoms with van der Waals surface area (Å²) in [4.78, 5) is 11.3. The van der Waals surface area contributed by atoms with Crippen LogP contribution in [0.2, 0.25) is 0 Å². The summed E-state index contributed by atoms with van der Waals surface area (Å²) >= 11 is 0. The molecule has 1 aliphatic rings. The zero-order chi connectivity index (χ0) is 11.7. The maximum Gasteiger partial charge on any atom is 0.246 e. The van der Waals surface area contributed by atoms with Crippen LogP contribution in [-0.4, -0.2) is 25.7 Å². The third-order valence-corrected chi connectivity index (χ3v) is 4.26. The number of amides is 1. The standard InChI is InChI=1S/C12H23NO2/c1-6-15-8-10(14)13-7-9-11(2,3)12(9,4)5/h9H,6-8H2,1-5H3,(H,13,14). The van der Waals surface area contributed by atoms with Crippen molar-refractivity contribution in [1.82, 2.24) is 5.32 Å². The first-order valence-corrected chi connectivity index (χ1v) is 5.68. The van der Waals surface area contributed by atoms with E-state index in [1.807, 2.05) is 6.92 Å². The van der Waals surface area contributed by atoms with Gasteiger partial charge >= 0.3 is 0 Å². The van der Waals surface area contributed by atoms with Crippen LogP contribution >= 0.6 is 0 Å². The van der Waals surface area contributed by atoms with Gasteiger partial charge in [0.05, 0.1) is 0 Å². The van der Waals surface area contributed by atoms with Gasteiger partial charge < -0.3 is 10.1 Å². The van der Waals surface area contributed by atoms with Crippen LogP contribution in [0.5, 0.6) is 0 Å². The Labute approximate surface area is 92.6 Å². The van der Waals surface area contributed by atoms with E-state index in [1.165, 1.54) is 0 Å². The molecule has 0 atom stereocenters. The summed E-state index contributed by atoms with van der Waals surface area (Å²) in [7, 11) is 0. The summed E-state index contributed by atoms with van der Waals surface area (Å²) in [6, 6.07) is 0. The Bertz CT molecular complexity index is 232. The minimum Gasteiger partial charge on any atom is -0.372 e. The molecule has 0 aromatic carbocycles. The Morgan fingerprint density at radius 2 is 1.80 bits per heavy atom. The Morgan fingerprint density at radius 1 is 1.27 bits per heavy atom. The Kier molecular flexibility index (Phi) is 3.44. The van der Waals surface area contributed by atoms with Crippen LogP contribution in [0.3, 0.4) is 0 Å². The highest BCUT2D eigenvalue weighted by Crippen LogP contribution is 2.67. The predicted molar refractivity (Wildman–Crippen MR) is 60.6 cm³/mol. The molecule has 3 nitrogen and oxygen atoms in total. The van der Waals surface area contributed by atoms with Gasteiger partial charge in [0.25, 0.3) is 0 Å². The van der Waals surface area contributed by atoms with Gasteiger partial charge in [0.1, 0.15) is 6.61 Å². The second-order valence-electron chi connectivity index (χ2n) is 5.44. The molecule has 0 aromatic rings. The fraction of sp³-hybridized carbons (Fsp3) is 0.917. The van der Waals surface area contributed by atoms with Gasteiger partial charge in [-0.05, 0) is 23.7 Å². The maximum atomic E-state index is 11.3. The fourth-order valence-electron chi connectivity index (χ4n) is 2.31. The molecule has 88 valence electrons. The predicted octanol–water partition coefficient (Wildman–Crippen LogP) is 1.82. The molecule has 1 N–H and O–H groups in total. The van der Waals surface area contributed by atoms with Crippen LogP contribution in [0.1, 0.15) is 34.6 Å². The molecule has 1 amide bonds. The lowest BCUT2D eigenvalue weighted by molar-refractivity contribution is -0.125. The van der Waals surface area contributed by atoms with Gasteiger partial charge in [0.2, 0.25) is 5.91 Å². The van der Waals surface area contributed by atoms with Crippen LogP contribution in [0.25, 0.3) is 0 Å². The summed E-state index contributed by atoms with van der Waals surface area (Å²) in [6.45, 7) is 12.5. The Balaban J connectivity index is 2.25. The number of carbonyl (C=O) groups is 1. The first kappa shape index (κ1) is 12.5. The van der Waals surface area contributed by atoms with Crippen LogP contribution in [-0.2, 0) is 9.53 Å². The number of carbonyl (C=O) groups excluding carboxylic acids is 1. The highest BCUT2D eigenvalue weighted by atomic mass is 16.5. The van der Waals surface area contributed by atoms with Gasteiger partial charge in [-0.15, -0.1) is 0 Å². The van der Waals surface area contributed by atoms with Gasteiger partial charge in [0, 0.05) is 13.2 Å². The number of nitrogens with one attached hydrogen (secondary N) is 1. The van der Waals surface area contributed by atoms with Gasteiger partial charge in [-0.3, -0.25) is 4.79 Å². The van der Waals surface area contributed by atoms with E-state index in [4.69, 9.17) is 4.74 Å². The highest BCUT2D eigenvalue weighted by molar-refractivity contribution is 5.77. The lowest BCUT2D eigenvalue weighted by Gasteiger charge is -2.06. The van der Waals surface area contributed by atoms with E-state index in [0.29, 0.717) is 23.4 Å². The summed E-state index contributed by atoms with van der Waals surface area (Å²) < 4.78 is 5.04. The quantitative estimate of drug-likeness (QED) is 0.756. The minimum absolute atomic E-state index is 0.00431. The van der Waals surface area contributed by atoms with Gasteiger partial charge in [0.15, 0.2) is 0 Å². The van der Waals surface area contributed by atoms with Gasteiger partial charge in [-0.2, -0.15) is 0 Å². The molecule has 0 heterocycles. The molecule has 0 saturated heterocycles. The molecule has 15 heavy (non-hydrogen) atoms. The summed E-state index contributed by atoms with van der Waals surface area (Å²) in [5, 5.41) is 2.93. The average molecular weight is 213 g/mol. The monoisotopic (exact) mass is 213 g/mol. The highest BCUT2D eigenvalue weighted by Gasteiger charge is 2.64. The van der Waals surface area contributed by atoms with E-state index in [1.54, 1.807) is 0 Å². The van der Waals surface area contributed by atoms with Crippen molar-refractivity contribution in [3.05, 3.63) is 0 Å². The molecule has 1 fully saturated rings. The number of hydrogen-bond acceptors (Lipinski definition) is 2. The summed E-state index contributed by atoms with van der Waals surface area (Å²) in [5.41, 5.74) is 0.678. The number of rotatable bonds is 5. The van der Waals surface area contributed by atoms with Crippen molar-refractivity contribution < 1.29 is 9.53 Å². The van der Waals surface area contributed by atoms with Crippen LogP contribution in [0.4, 0.5) is 0 Å². The summed E-state index contributed by atoms with van der Waals surface area (Å²) in [6.07, 6.45) is 0. The lowest BCUT2D eigenvalue weighted by Crippen LogP contribution is -2.30. The van der Waals surface area contributed by atoms with Crippen LogP contribution in [0, 0.1) is 16.7 Å². The molecular weight excluding hydrogens is 190 g/mol. The second kappa shape index (κ2) is 4.12. The normalized spacial score (nSPS) is 22.5. The van der Waals surface area contributed by atoms with E-state index in [9.17, 15) is 4.79 Å². The van der Waals surface area contributed by atoms with E-state index in [2.05, 4.69) is 33.0 Å². The first-order valence-electron chi connectivity index (χ1n) is 5.68. The minimum atomic E-state index is -0.00431. The molecule has 1 rings (SSSR count). The molecule has 1 saturated carbocycles. The van der Waals surface area contributed by atoms with Crippen molar-refractivity contribution >= 4 is 5.91 Å². The number of ether oxygens (including phenoxy) is 1. The van der Waals surface area contributed by atoms with E-state index >= 15 is 0 Å². The van der Waals surface area contributed by atoms with Crippen molar-refractivity contribution in [3.63, 3.8) is 0 Å². The molecule has 0 aliphatic heterocycles. The van der Waals surface area contributed by atoms with Crippen molar-refractivity contribution in [3.8, 4) is 0 Å². The molecule has 0 unspecified atom stereocenters. The van der Waals surface area contributed by atoms with Crippen LogP contribution < -0.4 is 5.32 Å². The molecule has 3 heteroatoms. The zero-order valence-corrected chi connectivity index (χ0v) is 10.5. The SMILES string of the molecule is CCOCC(=O)NCC1C(C)(C)C1(C)C. The lowest BCUT2D eigenvalue weighted by atomic mass is 10.0. The second-order valence-corrected chi connectivity index (χ2v) is 5.44. The third-order valence-electron chi connectivity index (χ3n) is 4.26. The fourth-order valence-corrected chi connectivity index (χ4v) is 2.31. The molecule has 0 bridgehead atoms. The van der Waals surface area contributed by atoms with Crippen molar-refractivity contribution in [2.75, 3.05) is 19.8 Å². The van der Waals surface area contributed by atoms with Crippen molar-refractivity contribution in [1.29, 1.82) is 0 Å². The molecular formula is C12H23NO2. The average Bonchev–Trinajstić information content (AvgIpc) is 2.51. The van der Waals surface area contributed by atoms with Crippen LogP contribution in [0.15, 0.2) is 0 Å². The largest absolute Gasteiger partial charge is 0.372 e. The zero-order valence-electron chi connectivity index (χ0n) is 10.5. The third kappa shape index (κ3) is 2.33. The molecule has 0 spiro atoms. The Morgan fingerprint density at radius 3 is 2.20 bits per heavy atom. The summed E-state index contributed by atoms with van der Waals surface area (Å²) in [5.74, 6) is 0.575. The van der Waals surface area contributed by atoms with E-state index < -0.39 is 0 Å². The smallest absolute Gasteiger partial charge is 0.246 e. The number of hydrogen-bond donors (Lipinski definition) is 1. The Hall–Kier alpha value is -0.570. The van der Waals surface area contributed by atoms with E-state index in [0.717, 1.165) is 6.54 Å². The molecule has 0 radical (unpaired) electrons.